The molecular weight excluding hydrogens is 242 g/mol. The molecule has 1 aromatic carbocycles. The summed E-state index contributed by atoms with van der Waals surface area (Å²) in [6.45, 7) is 6.36. The number of hydrogen-bond donors (Lipinski definition) is 1. The van der Waals surface area contributed by atoms with E-state index in [1.165, 1.54) is 0 Å². The molecule has 0 amide bonds. The molecule has 0 bridgehead atoms. The third-order valence-corrected chi connectivity index (χ3v) is 2.96. The summed E-state index contributed by atoms with van der Waals surface area (Å²) in [5.41, 5.74) is 6.97. The summed E-state index contributed by atoms with van der Waals surface area (Å²) in [5.74, 6) is 1.99. The summed E-state index contributed by atoms with van der Waals surface area (Å²) in [6, 6.07) is 5.75. The second kappa shape index (κ2) is 7.51. The van der Waals surface area contributed by atoms with E-state index in [1.807, 2.05) is 23.1 Å². The van der Waals surface area contributed by atoms with Gasteiger partial charge in [0.1, 0.15) is 0 Å². The highest BCUT2D eigenvalue weighted by molar-refractivity contribution is 5.78. The van der Waals surface area contributed by atoms with Crippen LogP contribution in [0.2, 0.25) is 0 Å². The summed E-state index contributed by atoms with van der Waals surface area (Å²) < 4.78 is 10.5. The van der Waals surface area contributed by atoms with E-state index in [-0.39, 0.29) is 0 Å². The van der Waals surface area contributed by atoms with Gasteiger partial charge in [-0.15, -0.1) is 0 Å². The Morgan fingerprint density at radius 1 is 1.16 bits per heavy atom. The number of methoxy groups -OCH3 is 2. The van der Waals surface area contributed by atoms with Crippen LogP contribution in [0.3, 0.4) is 0 Å². The van der Waals surface area contributed by atoms with Crippen molar-refractivity contribution in [1.82, 2.24) is 4.90 Å². The summed E-state index contributed by atoms with van der Waals surface area (Å²) >= 11 is 0. The van der Waals surface area contributed by atoms with E-state index in [4.69, 9.17) is 15.2 Å². The Labute approximate surface area is 115 Å². The van der Waals surface area contributed by atoms with E-state index >= 15 is 0 Å². The van der Waals surface area contributed by atoms with Crippen molar-refractivity contribution in [2.75, 3.05) is 27.3 Å². The topological polar surface area (TPSA) is 60.1 Å². The third kappa shape index (κ3) is 4.05. The van der Waals surface area contributed by atoms with Gasteiger partial charge in [0.2, 0.25) is 0 Å². The van der Waals surface area contributed by atoms with Crippen LogP contribution in [-0.2, 0) is 6.54 Å². The lowest BCUT2D eigenvalue weighted by Crippen LogP contribution is -2.37. The zero-order valence-corrected chi connectivity index (χ0v) is 12.1. The van der Waals surface area contributed by atoms with Crippen molar-refractivity contribution in [3.63, 3.8) is 0 Å². The molecule has 0 atom stereocenters. The highest BCUT2D eigenvalue weighted by Gasteiger charge is 2.05. The maximum atomic E-state index is 5.93. The van der Waals surface area contributed by atoms with Crippen molar-refractivity contribution >= 4 is 5.96 Å². The SMILES string of the molecule is CCN(CC)C(N)=NCc1ccc(OC)c(OC)c1. The van der Waals surface area contributed by atoms with Crippen molar-refractivity contribution in [2.45, 2.75) is 20.4 Å². The first-order valence-electron chi connectivity index (χ1n) is 6.42. The van der Waals surface area contributed by atoms with Crippen LogP contribution in [0, 0.1) is 0 Å². The fraction of sp³-hybridized carbons (Fsp3) is 0.500. The zero-order valence-electron chi connectivity index (χ0n) is 12.1. The van der Waals surface area contributed by atoms with Crippen molar-refractivity contribution in [2.24, 2.45) is 10.7 Å². The van der Waals surface area contributed by atoms with Crippen molar-refractivity contribution in [3.05, 3.63) is 23.8 Å². The molecule has 0 saturated heterocycles. The summed E-state index contributed by atoms with van der Waals surface area (Å²) in [4.78, 5) is 6.41. The van der Waals surface area contributed by atoms with Gasteiger partial charge >= 0.3 is 0 Å². The van der Waals surface area contributed by atoms with Gasteiger partial charge in [-0.3, -0.25) is 0 Å². The molecule has 19 heavy (non-hydrogen) atoms. The van der Waals surface area contributed by atoms with Gasteiger partial charge in [0.25, 0.3) is 0 Å². The first-order chi connectivity index (χ1) is 9.15. The number of rotatable bonds is 6. The number of nitrogens with two attached hydrogens (primary N) is 1. The zero-order chi connectivity index (χ0) is 14.3. The number of benzene rings is 1. The van der Waals surface area contributed by atoms with Gasteiger partial charge in [-0.05, 0) is 31.5 Å². The van der Waals surface area contributed by atoms with Crippen LogP contribution in [-0.4, -0.2) is 38.2 Å². The lowest BCUT2D eigenvalue weighted by Gasteiger charge is -2.19. The molecule has 0 aromatic heterocycles. The number of nitrogens with zero attached hydrogens (tertiary/aromatic N) is 2. The molecule has 0 radical (unpaired) electrons. The number of hydrogen-bond acceptors (Lipinski definition) is 3. The van der Waals surface area contributed by atoms with Gasteiger partial charge in [-0.25, -0.2) is 4.99 Å². The Hall–Kier alpha value is -1.91. The molecule has 5 nitrogen and oxygen atoms in total. The maximum Gasteiger partial charge on any atom is 0.191 e. The standard InChI is InChI=1S/C14H23N3O2/c1-5-17(6-2)14(15)16-10-11-7-8-12(18-3)13(9-11)19-4/h7-9H,5-6,10H2,1-4H3,(H2,15,16). The molecule has 106 valence electrons. The minimum Gasteiger partial charge on any atom is -0.493 e. The predicted molar refractivity (Wildman–Crippen MR) is 77.8 cm³/mol. The molecule has 0 saturated carbocycles. The van der Waals surface area contributed by atoms with Crippen LogP contribution in [0.15, 0.2) is 23.2 Å². The van der Waals surface area contributed by atoms with Crippen LogP contribution in [0.25, 0.3) is 0 Å². The average molecular weight is 265 g/mol. The van der Waals surface area contributed by atoms with Crippen molar-refractivity contribution in [3.8, 4) is 11.5 Å². The van der Waals surface area contributed by atoms with Gasteiger partial charge in [0.05, 0.1) is 20.8 Å². The molecule has 0 spiro atoms. The van der Waals surface area contributed by atoms with Crippen molar-refractivity contribution in [1.29, 1.82) is 0 Å². The number of aliphatic imine (C=N–C) groups is 1. The molecule has 2 N–H and O–H groups in total. The Morgan fingerprint density at radius 2 is 1.79 bits per heavy atom. The first kappa shape index (κ1) is 15.1. The normalized spacial score (nSPS) is 11.3. The first-order valence-corrected chi connectivity index (χ1v) is 6.42. The second-order valence-electron chi connectivity index (χ2n) is 4.04. The van der Waals surface area contributed by atoms with Gasteiger partial charge in [0, 0.05) is 13.1 Å². The van der Waals surface area contributed by atoms with Crippen LogP contribution < -0.4 is 15.2 Å². The molecule has 5 heteroatoms. The summed E-state index contributed by atoms with van der Waals surface area (Å²) in [7, 11) is 3.24. The van der Waals surface area contributed by atoms with Crippen LogP contribution in [0.5, 0.6) is 11.5 Å². The average Bonchev–Trinajstić information content (AvgIpc) is 2.45. The van der Waals surface area contributed by atoms with Crippen LogP contribution in [0.1, 0.15) is 19.4 Å². The lowest BCUT2D eigenvalue weighted by atomic mass is 10.2. The van der Waals surface area contributed by atoms with Gasteiger partial charge in [0.15, 0.2) is 17.5 Å². The number of ether oxygens (including phenoxy) is 2. The highest BCUT2D eigenvalue weighted by atomic mass is 16.5. The monoisotopic (exact) mass is 265 g/mol. The van der Waals surface area contributed by atoms with E-state index in [2.05, 4.69) is 18.8 Å². The fourth-order valence-corrected chi connectivity index (χ4v) is 1.80. The minimum atomic E-state index is 0.530. The molecule has 1 aromatic rings. The van der Waals surface area contributed by atoms with Crippen molar-refractivity contribution < 1.29 is 9.47 Å². The largest absolute Gasteiger partial charge is 0.493 e. The molecule has 0 aliphatic rings. The molecule has 0 aliphatic heterocycles. The maximum absolute atomic E-state index is 5.93. The summed E-state index contributed by atoms with van der Waals surface area (Å²) in [5, 5.41) is 0. The van der Waals surface area contributed by atoms with E-state index in [0.717, 1.165) is 18.7 Å². The quantitative estimate of drug-likeness (QED) is 0.630. The molecular formula is C14H23N3O2. The second-order valence-corrected chi connectivity index (χ2v) is 4.04. The van der Waals surface area contributed by atoms with Gasteiger partial charge < -0.3 is 20.1 Å². The molecule has 0 aliphatic carbocycles. The van der Waals surface area contributed by atoms with E-state index < -0.39 is 0 Å². The van der Waals surface area contributed by atoms with E-state index in [9.17, 15) is 0 Å². The van der Waals surface area contributed by atoms with E-state index in [0.29, 0.717) is 24.0 Å². The Morgan fingerprint density at radius 3 is 2.32 bits per heavy atom. The fourth-order valence-electron chi connectivity index (χ4n) is 1.80. The lowest BCUT2D eigenvalue weighted by molar-refractivity contribution is 0.354. The summed E-state index contributed by atoms with van der Waals surface area (Å²) in [6.07, 6.45) is 0. The van der Waals surface area contributed by atoms with Crippen LogP contribution >= 0.6 is 0 Å². The molecule has 1 rings (SSSR count). The Balaban J connectivity index is 2.80. The number of guanidine groups is 1. The van der Waals surface area contributed by atoms with Crippen LogP contribution in [0.4, 0.5) is 0 Å². The predicted octanol–water partition coefficient (Wildman–Crippen LogP) is 1.86. The Bertz CT molecular complexity index is 429. The smallest absolute Gasteiger partial charge is 0.191 e. The minimum absolute atomic E-state index is 0.530. The highest BCUT2D eigenvalue weighted by Crippen LogP contribution is 2.27. The van der Waals surface area contributed by atoms with Gasteiger partial charge in [-0.1, -0.05) is 6.07 Å². The van der Waals surface area contributed by atoms with E-state index in [1.54, 1.807) is 14.2 Å². The Kier molecular flexibility index (Phi) is 5.99. The van der Waals surface area contributed by atoms with Gasteiger partial charge in [-0.2, -0.15) is 0 Å². The molecule has 0 fully saturated rings. The molecule has 0 heterocycles. The molecule has 0 unspecified atom stereocenters. The third-order valence-electron chi connectivity index (χ3n) is 2.96.